The zero-order chi connectivity index (χ0) is 14.1. The molecule has 0 bridgehead atoms. The van der Waals surface area contributed by atoms with Crippen LogP contribution in [-0.2, 0) is 17.6 Å². The van der Waals surface area contributed by atoms with Crippen LogP contribution >= 0.6 is 15.9 Å². The van der Waals surface area contributed by atoms with Crippen molar-refractivity contribution in [1.82, 2.24) is 4.57 Å². The lowest BCUT2D eigenvalue weighted by Crippen LogP contribution is -2.18. The molecular weight excluding hydrogens is 318 g/mol. The number of aromatic nitrogens is 1. The van der Waals surface area contributed by atoms with Crippen molar-refractivity contribution in [2.45, 2.75) is 25.7 Å². The number of ether oxygens (including phenoxy) is 1. The van der Waals surface area contributed by atoms with E-state index in [0.717, 1.165) is 40.3 Å². The van der Waals surface area contributed by atoms with Gasteiger partial charge in [0.15, 0.2) is 0 Å². The Kier molecular flexibility index (Phi) is 3.66. The Bertz CT molecular complexity index is 687. The molecular formula is C16H16BrNO2. The Morgan fingerprint density at radius 3 is 3.00 bits per heavy atom. The minimum absolute atomic E-state index is 0.240. The van der Waals surface area contributed by atoms with Crippen LogP contribution in [0.5, 0.6) is 0 Å². The molecule has 1 aromatic heterocycles. The predicted molar refractivity (Wildman–Crippen MR) is 83.2 cm³/mol. The number of carbonyl (C=O) groups is 1. The van der Waals surface area contributed by atoms with Crippen molar-refractivity contribution in [2.24, 2.45) is 0 Å². The van der Waals surface area contributed by atoms with E-state index in [9.17, 15) is 4.79 Å². The second-order valence-corrected chi connectivity index (χ2v) is 5.91. The van der Waals surface area contributed by atoms with Crippen LogP contribution in [0.15, 0.2) is 35.3 Å². The van der Waals surface area contributed by atoms with Gasteiger partial charge in [-0.15, -0.1) is 0 Å². The Morgan fingerprint density at radius 1 is 1.40 bits per heavy atom. The highest BCUT2D eigenvalue weighted by molar-refractivity contribution is 9.10. The highest BCUT2D eigenvalue weighted by Gasteiger charge is 2.24. The van der Waals surface area contributed by atoms with Crippen molar-refractivity contribution in [1.29, 1.82) is 0 Å². The zero-order valence-electron chi connectivity index (χ0n) is 11.2. The summed E-state index contributed by atoms with van der Waals surface area (Å²) in [5.74, 6) is 0. The van der Waals surface area contributed by atoms with Gasteiger partial charge in [-0.3, -0.25) is 0 Å². The van der Waals surface area contributed by atoms with Crippen LogP contribution in [0.3, 0.4) is 0 Å². The normalized spacial score (nSPS) is 14.1. The molecule has 20 heavy (non-hydrogen) atoms. The lowest BCUT2D eigenvalue weighted by molar-refractivity contribution is 0.160. The van der Waals surface area contributed by atoms with Gasteiger partial charge in [-0.2, -0.15) is 0 Å². The summed E-state index contributed by atoms with van der Waals surface area (Å²) in [6.45, 7) is 3.82. The van der Waals surface area contributed by atoms with E-state index in [1.165, 1.54) is 12.0 Å². The number of hydrogen-bond acceptors (Lipinski definition) is 2. The molecule has 0 unspecified atom stereocenters. The van der Waals surface area contributed by atoms with Crippen LogP contribution in [0, 0.1) is 0 Å². The van der Waals surface area contributed by atoms with Gasteiger partial charge in [-0.1, -0.05) is 28.6 Å². The number of fused-ring (bicyclic) bond motifs is 3. The maximum Gasteiger partial charge on any atom is 0.419 e. The fourth-order valence-corrected chi connectivity index (χ4v) is 3.28. The highest BCUT2D eigenvalue weighted by Crippen LogP contribution is 2.33. The van der Waals surface area contributed by atoms with Gasteiger partial charge in [0.1, 0.15) is 6.61 Å². The van der Waals surface area contributed by atoms with Crippen molar-refractivity contribution < 1.29 is 9.53 Å². The average molecular weight is 334 g/mol. The van der Waals surface area contributed by atoms with E-state index in [0.29, 0.717) is 0 Å². The lowest BCUT2D eigenvalue weighted by Gasteiger charge is -2.14. The summed E-state index contributed by atoms with van der Waals surface area (Å²) >= 11 is 3.51. The Morgan fingerprint density at radius 2 is 2.20 bits per heavy atom. The quantitative estimate of drug-likeness (QED) is 0.760. The van der Waals surface area contributed by atoms with Gasteiger partial charge in [-0.05, 0) is 49.4 Å². The summed E-state index contributed by atoms with van der Waals surface area (Å²) in [6.07, 6.45) is 5.56. The predicted octanol–water partition coefficient (Wildman–Crippen LogP) is 4.45. The summed E-state index contributed by atoms with van der Waals surface area (Å²) in [5, 5.41) is 1.16. The van der Waals surface area contributed by atoms with Crippen LogP contribution < -0.4 is 0 Å². The summed E-state index contributed by atoms with van der Waals surface area (Å²) in [5.41, 5.74) is 3.34. The van der Waals surface area contributed by atoms with Crippen molar-refractivity contribution in [2.75, 3.05) is 6.61 Å². The van der Waals surface area contributed by atoms with Gasteiger partial charge >= 0.3 is 6.09 Å². The molecule has 0 fully saturated rings. The van der Waals surface area contributed by atoms with Crippen LogP contribution in [-0.4, -0.2) is 17.3 Å². The van der Waals surface area contributed by atoms with E-state index in [1.807, 2.05) is 12.1 Å². The SMILES string of the molecule is C=CCOC(=O)n1c2c(c3cc(Br)ccc31)CCCC2. The maximum absolute atomic E-state index is 12.3. The van der Waals surface area contributed by atoms with Gasteiger partial charge in [0, 0.05) is 15.6 Å². The van der Waals surface area contributed by atoms with E-state index >= 15 is 0 Å². The van der Waals surface area contributed by atoms with E-state index in [2.05, 4.69) is 28.6 Å². The Hall–Kier alpha value is -1.55. The number of rotatable bonds is 2. The first kappa shape index (κ1) is 13.4. The van der Waals surface area contributed by atoms with E-state index in [4.69, 9.17) is 4.74 Å². The second-order valence-electron chi connectivity index (χ2n) is 4.99. The van der Waals surface area contributed by atoms with Crippen LogP contribution in [0.25, 0.3) is 10.9 Å². The fraction of sp³-hybridized carbons (Fsp3) is 0.312. The van der Waals surface area contributed by atoms with Gasteiger partial charge in [-0.25, -0.2) is 9.36 Å². The molecule has 0 spiro atoms. The minimum atomic E-state index is -0.305. The Balaban J connectivity index is 2.19. The largest absolute Gasteiger partial charge is 0.445 e. The summed E-state index contributed by atoms with van der Waals surface area (Å²) in [4.78, 5) is 12.3. The first-order valence-electron chi connectivity index (χ1n) is 6.82. The molecule has 0 saturated carbocycles. The highest BCUT2D eigenvalue weighted by atomic mass is 79.9. The van der Waals surface area contributed by atoms with Crippen LogP contribution in [0.1, 0.15) is 24.1 Å². The molecule has 0 atom stereocenters. The van der Waals surface area contributed by atoms with Crippen LogP contribution in [0.4, 0.5) is 4.79 Å². The summed E-state index contributed by atoms with van der Waals surface area (Å²) in [6, 6.07) is 6.04. The minimum Gasteiger partial charge on any atom is -0.445 e. The molecule has 0 amide bonds. The molecule has 1 heterocycles. The molecule has 3 nitrogen and oxygen atoms in total. The number of nitrogens with zero attached hydrogens (tertiary/aromatic N) is 1. The standard InChI is InChI=1S/C16H16BrNO2/c1-2-9-20-16(19)18-14-6-4-3-5-12(14)13-10-11(17)7-8-15(13)18/h2,7-8,10H,1,3-6,9H2. The van der Waals surface area contributed by atoms with Gasteiger partial charge in [0.2, 0.25) is 0 Å². The number of carbonyl (C=O) groups excluding carboxylic acids is 1. The van der Waals surface area contributed by atoms with Crippen molar-refractivity contribution in [3.63, 3.8) is 0 Å². The molecule has 0 N–H and O–H groups in total. The molecule has 2 aromatic rings. The fourth-order valence-electron chi connectivity index (χ4n) is 2.92. The van der Waals surface area contributed by atoms with E-state index < -0.39 is 0 Å². The summed E-state index contributed by atoms with van der Waals surface area (Å²) in [7, 11) is 0. The third-order valence-corrected chi connectivity index (χ3v) is 4.23. The molecule has 3 rings (SSSR count). The molecule has 4 heteroatoms. The lowest BCUT2D eigenvalue weighted by atomic mass is 9.96. The molecule has 0 aliphatic heterocycles. The van der Waals surface area contributed by atoms with Crippen molar-refractivity contribution >= 4 is 32.9 Å². The molecule has 104 valence electrons. The first-order chi connectivity index (χ1) is 9.72. The summed E-state index contributed by atoms with van der Waals surface area (Å²) < 4.78 is 8.01. The van der Waals surface area contributed by atoms with Crippen molar-refractivity contribution in [3.05, 3.63) is 46.6 Å². The average Bonchev–Trinajstić information content (AvgIpc) is 2.79. The van der Waals surface area contributed by atoms with Gasteiger partial charge in [0.05, 0.1) is 5.52 Å². The van der Waals surface area contributed by atoms with Gasteiger partial charge < -0.3 is 4.74 Å². The van der Waals surface area contributed by atoms with Crippen molar-refractivity contribution in [3.8, 4) is 0 Å². The van der Waals surface area contributed by atoms with E-state index in [-0.39, 0.29) is 12.7 Å². The third-order valence-electron chi connectivity index (χ3n) is 3.74. The number of halogens is 1. The Labute approximate surface area is 126 Å². The third kappa shape index (κ3) is 2.18. The number of aryl methyl sites for hydroxylation is 1. The molecule has 0 saturated heterocycles. The molecule has 1 aliphatic carbocycles. The molecule has 0 radical (unpaired) electrons. The number of hydrogen-bond donors (Lipinski definition) is 0. The second kappa shape index (κ2) is 5.44. The van der Waals surface area contributed by atoms with E-state index in [1.54, 1.807) is 10.6 Å². The molecule has 1 aliphatic rings. The van der Waals surface area contributed by atoms with Crippen LogP contribution in [0.2, 0.25) is 0 Å². The monoisotopic (exact) mass is 333 g/mol. The molecule has 1 aromatic carbocycles. The maximum atomic E-state index is 12.3. The number of benzene rings is 1. The zero-order valence-corrected chi connectivity index (χ0v) is 12.8. The topological polar surface area (TPSA) is 31.2 Å². The first-order valence-corrected chi connectivity index (χ1v) is 7.61. The van der Waals surface area contributed by atoms with Gasteiger partial charge in [0.25, 0.3) is 0 Å². The smallest absolute Gasteiger partial charge is 0.419 e.